The van der Waals surface area contributed by atoms with E-state index >= 15 is 0 Å². The molecule has 1 aliphatic carbocycles. The molecule has 1 atom stereocenters. The molecule has 0 saturated heterocycles. The molecule has 1 aromatic carbocycles. The molecular weight excluding hydrogens is 298 g/mol. The number of benzene rings is 1. The molecule has 0 spiro atoms. The normalized spacial score (nSPS) is 16.4. The van der Waals surface area contributed by atoms with Crippen molar-refractivity contribution >= 4 is 15.5 Å². The molecule has 6 heteroatoms. The van der Waals surface area contributed by atoms with Crippen LogP contribution in [-0.4, -0.2) is 36.2 Å². The Balaban J connectivity index is 1.65. The van der Waals surface area contributed by atoms with Crippen LogP contribution >= 0.6 is 0 Å². The van der Waals surface area contributed by atoms with Gasteiger partial charge in [-0.25, -0.2) is 8.42 Å². The Hall–Kier alpha value is -1.82. The summed E-state index contributed by atoms with van der Waals surface area (Å²) in [5.74, 6) is 0.647. The van der Waals surface area contributed by atoms with E-state index in [1.54, 1.807) is 6.20 Å². The zero-order valence-electron chi connectivity index (χ0n) is 12.6. The van der Waals surface area contributed by atoms with Crippen LogP contribution in [-0.2, 0) is 16.4 Å². The van der Waals surface area contributed by atoms with Crippen LogP contribution in [0.3, 0.4) is 0 Å². The molecule has 0 radical (unpaired) electrons. The largest absolute Gasteiger partial charge is 0.378 e. The third-order valence-corrected chi connectivity index (χ3v) is 4.81. The second-order valence-electron chi connectivity index (χ2n) is 6.09. The molecule has 1 aromatic heterocycles. The Bertz CT molecular complexity index is 721. The lowest BCUT2D eigenvalue weighted by molar-refractivity contribution is 0.588. The fourth-order valence-electron chi connectivity index (χ4n) is 2.63. The van der Waals surface area contributed by atoms with Gasteiger partial charge in [-0.3, -0.25) is 4.68 Å². The first-order chi connectivity index (χ1) is 10.5. The molecule has 118 valence electrons. The second kappa shape index (κ2) is 6.12. The zero-order chi connectivity index (χ0) is 15.6. The Morgan fingerprint density at radius 2 is 2.05 bits per heavy atom. The van der Waals surface area contributed by atoms with Crippen molar-refractivity contribution in [2.24, 2.45) is 5.92 Å². The first kappa shape index (κ1) is 15.1. The maximum absolute atomic E-state index is 11.5. The van der Waals surface area contributed by atoms with Crippen LogP contribution in [0.1, 0.15) is 18.4 Å². The van der Waals surface area contributed by atoms with Crippen molar-refractivity contribution in [3.8, 4) is 0 Å². The molecule has 3 rings (SSSR count). The summed E-state index contributed by atoms with van der Waals surface area (Å²) in [6, 6.07) is 10.1. The highest BCUT2D eigenvalue weighted by Gasteiger charge is 2.33. The van der Waals surface area contributed by atoms with Crippen LogP contribution in [0.15, 0.2) is 42.7 Å². The smallest absolute Gasteiger partial charge is 0.149 e. The number of anilines is 1. The molecule has 1 saturated carbocycles. The van der Waals surface area contributed by atoms with E-state index in [1.807, 2.05) is 29.1 Å². The second-order valence-corrected chi connectivity index (χ2v) is 8.28. The molecule has 1 unspecified atom stereocenters. The van der Waals surface area contributed by atoms with Crippen molar-refractivity contribution in [3.05, 3.63) is 48.3 Å². The van der Waals surface area contributed by atoms with Crippen LogP contribution in [0.4, 0.5) is 5.69 Å². The summed E-state index contributed by atoms with van der Waals surface area (Å²) in [7, 11) is -2.98. The zero-order valence-corrected chi connectivity index (χ0v) is 13.5. The molecule has 1 heterocycles. The van der Waals surface area contributed by atoms with Crippen LogP contribution < -0.4 is 5.32 Å². The van der Waals surface area contributed by atoms with Gasteiger partial charge in [0.25, 0.3) is 0 Å². The molecule has 22 heavy (non-hydrogen) atoms. The lowest BCUT2D eigenvalue weighted by Gasteiger charge is -2.17. The first-order valence-electron chi connectivity index (χ1n) is 7.50. The van der Waals surface area contributed by atoms with Gasteiger partial charge in [0.2, 0.25) is 0 Å². The minimum Gasteiger partial charge on any atom is -0.378 e. The lowest BCUT2D eigenvalue weighted by atomic mass is 10.2. The summed E-state index contributed by atoms with van der Waals surface area (Å²) in [4.78, 5) is 0. The number of hydrogen-bond acceptors (Lipinski definition) is 4. The van der Waals surface area contributed by atoms with Gasteiger partial charge in [0.1, 0.15) is 9.84 Å². The average Bonchev–Trinajstić information content (AvgIpc) is 3.21. The summed E-state index contributed by atoms with van der Waals surface area (Å²) in [5, 5.41) is 7.69. The standard InChI is InChI=1S/C16H21N3O2S/c1-22(20,21)12-16(14-7-8-14)18-15-9-17-19(11-15)10-13-5-3-2-4-6-13/h2-6,9,11,14,16,18H,7-8,10,12H2,1H3. The first-order valence-corrected chi connectivity index (χ1v) is 9.56. The summed E-state index contributed by atoms with van der Waals surface area (Å²) in [6.45, 7) is 0.711. The minimum atomic E-state index is -2.98. The molecule has 1 N–H and O–H groups in total. The van der Waals surface area contributed by atoms with E-state index in [0.29, 0.717) is 12.5 Å². The topological polar surface area (TPSA) is 64.0 Å². The summed E-state index contributed by atoms with van der Waals surface area (Å²) < 4.78 is 25.0. The number of sulfone groups is 1. The molecule has 0 amide bonds. The van der Waals surface area contributed by atoms with Crippen LogP contribution in [0.25, 0.3) is 0 Å². The van der Waals surface area contributed by atoms with E-state index in [2.05, 4.69) is 22.5 Å². The van der Waals surface area contributed by atoms with Gasteiger partial charge in [0.15, 0.2) is 0 Å². The number of rotatable bonds is 7. The van der Waals surface area contributed by atoms with Crippen LogP contribution in [0.5, 0.6) is 0 Å². The molecule has 0 bridgehead atoms. The Labute approximate surface area is 131 Å². The minimum absolute atomic E-state index is 0.00984. The SMILES string of the molecule is CS(=O)(=O)CC(Nc1cnn(Cc2ccccc2)c1)C1CC1. The predicted molar refractivity (Wildman–Crippen MR) is 87.6 cm³/mol. The fraction of sp³-hybridized carbons (Fsp3) is 0.438. The highest BCUT2D eigenvalue weighted by molar-refractivity contribution is 7.90. The maximum atomic E-state index is 11.5. The third-order valence-electron chi connectivity index (χ3n) is 3.85. The van der Waals surface area contributed by atoms with Gasteiger partial charge in [0.05, 0.1) is 24.2 Å². The summed E-state index contributed by atoms with van der Waals surface area (Å²) in [6.07, 6.45) is 7.20. The monoisotopic (exact) mass is 319 g/mol. The van der Waals surface area contributed by atoms with Gasteiger partial charge in [-0.1, -0.05) is 30.3 Å². The van der Waals surface area contributed by atoms with Crippen molar-refractivity contribution < 1.29 is 8.42 Å². The molecule has 5 nitrogen and oxygen atoms in total. The third kappa shape index (κ3) is 4.34. The van der Waals surface area contributed by atoms with Crippen LogP contribution in [0.2, 0.25) is 0 Å². The Morgan fingerprint density at radius 1 is 1.32 bits per heavy atom. The van der Waals surface area contributed by atoms with Crippen LogP contribution in [0, 0.1) is 5.92 Å². The number of aromatic nitrogens is 2. The quantitative estimate of drug-likeness (QED) is 0.849. The number of nitrogens with zero attached hydrogens (tertiary/aromatic N) is 2. The number of nitrogens with one attached hydrogen (secondary N) is 1. The van der Waals surface area contributed by atoms with E-state index in [0.717, 1.165) is 18.5 Å². The predicted octanol–water partition coefficient (Wildman–Crippen LogP) is 2.17. The molecule has 1 aliphatic rings. The number of hydrogen-bond donors (Lipinski definition) is 1. The van der Waals surface area contributed by atoms with E-state index in [1.165, 1.54) is 11.8 Å². The van der Waals surface area contributed by atoms with Crippen molar-refractivity contribution in [2.45, 2.75) is 25.4 Å². The molecule has 1 fully saturated rings. The van der Waals surface area contributed by atoms with Crippen molar-refractivity contribution in [2.75, 3.05) is 17.3 Å². The van der Waals surface area contributed by atoms with Gasteiger partial charge < -0.3 is 5.32 Å². The Morgan fingerprint density at radius 3 is 2.68 bits per heavy atom. The highest BCUT2D eigenvalue weighted by atomic mass is 32.2. The Kier molecular flexibility index (Phi) is 4.20. The van der Waals surface area contributed by atoms with Crippen molar-refractivity contribution in [3.63, 3.8) is 0 Å². The summed E-state index contributed by atoms with van der Waals surface area (Å²) in [5.41, 5.74) is 2.07. The molecule has 0 aliphatic heterocycles. The van der Waals surface area contributed by atoms with E-state index < -0.39 is 9.84 Å². The van der Waals surface area contributed by atoms with Crippen molar-refractivity contribution in [1.82, 2.24) is 9.78 Å². The fourth-order valence-corrected chi connectivity index (χ4v) is 3.64. The van der Waals surface area contributed by atoms with E-state index in [-0.39, 0.29) is 11.8 Å². The van der Waals surface area contributed by atoms with Gasteiger partial charge in [-0.15, -0.1) is 0 Å². The van der Waals surface area contributed by atoms with Gasteiger partial charge >= 0.3 is 0 Å². The van der Waals surface area contributed by atoms with Gasteiger partial charge in [-0.2, -0.15) is 5.10 Å². The summed E-state index contributed by atoms with van der Waals surface area (Å²) >= 11 is 0. The van der Waals surface area contributed by atoms with E-state index in [9.17, 15) is 8.42 Å². The lowest BCUT2D eigenvalue weighted by Crippen LogP contribution is -2.30. The highest BCUT2D eigenvalue weighted by Crippen LogP contribution is 2.34. The van der Waals surface area contributed by atoms with Gasteiger partial charge in [0, 0.05) is 18.5 Å². The molecule has 2 aromatic rings. The average molecular weight is 319 g/mol. The molecular formula is C16H21N3O2S. The maximum Gasteiger partial charge on any atom is 0.149 e. The van der Waals surface area contributed by atoms with Crippen molar-refractivity contribution in [1.29, 1.82) is 0 Å². The van der Waals surface area contributed by atoms with E-state index in [4.69, 9.17) is 0 Å². The van der Waals surface area contributed by atoms with Gasteiger partial charge in [-0.05, 0) is 24.3 Å².